The van der Waals surface area contributed by atoms with Crippen LogP contribution in [-0.2, 0) is 4.74 Å². The van der Waals surface area contributed by atoms with Crippen LogP contribution in [0.3, 0.4) is 0 Å². The number of nitrogens with zero attached hydrogens (tertiary/aromatic N) is 5. The highest BCUT2D eigenvalue weighted by atomic mass is 32.1. The number of benzene rings is 1. The molecule has 0 bridgehead atoms. The maximum absolute atomic E-state index is 5.46. The summed E-state index contributed by atoms with van der Waals surface area (Å²) >= 11 is 1.70. The van der Waals surface area contributed by atoms with E-state index in [-0.39, 0.29) is 18.4 Å². The van der Waals surface area contributed by atoms with Crippen LogP contribution in [0.1, 0.15) is 23.9 Å². The van der Waals surface area contributed by atoms with Gasteiger partial charge in [0.1, 0.15) is 0 Å². The number of hydrogen-bond acceptors (Lipinski definition) is 9. The standard InChI is InChI=1S/C26H33N7OS/c1-18-23(6-4-5-12-27-18)32(3)26-29-19(2)24(35-26)22-11-13-28-25(31-22)30-20-7-9-21(10-8-20)33-14-16-34-17-15-33/h4,6-13,18,23,25,30-31H,5,14-17H2,1-3H3. The molecule has 2 aromatic rings. The largest absolute Gasteiger partial charge is 0.378 e. The zero-order valence-corrected chi connectivity index (χ0v) is 21.3. The minimum absolute atomic E-state index is 0.189. The molecule has 3 atom stereocenters. The molecule has 3 aliphatic heterocycles. The van der Waals surface area contributed by atoms with E-state index in [1.807, 2.05) is 18.5 Å². The number of aromatic nitrogens is 1. The maximum atomic E-state index is 5.46. The van der Waals surface area contributed by atoms with Crippen LogP contribution in [0.5, 0.6) is 0 Å². The Labute approximate surface area is 211 Å². The Morgan fingerprint density at radius 3 is 2.77 bits per heavy atom. The summed E-state index contributed by atoms with van der Waals surface area (Å²) in [5, 5.41) is 8.00. The van der Waals surface area contributed by atoms with E-state index >= 15 is 0 Å². The number of ether oxygens (including phenoxy) is 1. The topological polar surface area (TPSA) is 77.4 Å². The van der Waals surface area contributed by atoms with Gasteiger partial charge in [0.2, 0.25) is 0 Å². The third-order valence-electron chi connectivity index (χ3n) is 6.50. The molecule has 1 aromatic heterocycles. The number of nitrogens with one attached hydrogen (secondary N) is 2. The van der Waals surface area contributed by atoms with Crippen LogP contribution in [0, 0.1) is 6.92 Å². The van der Waals surface area contributed by atoms with Gasteiger partial charge >= 0.3 is 0 Å². The Kier molecular flexibility index (Phi) is 7.15. The van der Waals surface area contributed by atoms with Gasteiger partial charge in [0.15, 0.2) is 11.4 Å². The number of likely N-dealkylation sites (N-methyl/N-ethyl adjacent to an activating group) is 1. The lowest BCUT2D eigenvalue weighted by atomic mass is 10.1. The molecule has 0 radical (unpaired) electrons. The van der Waals surface area contributed by atoms with Crippen molar-refractivity contribution in [1.29, 1.82) is 0 Å². The molecule has 1 saturated heterocycles. The molecule has 35 heavy (non-hydrogen) atoms. The van der Waals surface area contributed by atoms with Crippen molar-refractivity contribution in [3.05, 3.63) is 53.1 Å². The van der Waals surface area contributed by atoms with Crippen LogP contribution >= 0.6 is 11.3 Å². The van der Waals surface area contributed by atoms with E-state index in [1.54, 1.807) is 11.3 Å². The van der Waals surface area contributed by atoms with E-state index < -0.39 is 0 Å². The van der Waals surface area contributed by atoms with Gasteiger partial charge in [-0.3, -0.25) is 4.99 Å². The van der Waals surface area contributed by atoms with E-state index in [0.29, 0.717) is 0 Å². The first-order valence-corrected chi connectivity index (χ1v) is 13.0. The second-order valence-electron chi connectivity index (χ2n) is 8.96. The highest BCUT2D eigenvalue weighted by Gasteiger charge is 2.24. The Balaban J connectivity index is 1.25. The average Bonchev–Trinajstić information content (AvgIpc) is 3.15. The first-order valence-electron chi connectivity index (χ1n) is 12.2. The van der Waals surface area contributed by atoms with Gasteiger partial charge in [0.25, 0.3) is 0 Å². The fraction of sp³-hybridized carbons (Fsp3) is 0.423. The van der Waals surface area contributed by atoms with E-state index in [2.05, 4.69) is 87.7 Å². The van der Waals surface area contributed by atoms with Crippen molar-refractivity contribution in [1.82, 2.24) is 10.3 Å². The van der Waals surface area contributed by atoms with E-state index in [1.165, 1.54) is 5.69 Å². The lowest BCUT2D eigenvalue weighted by Crippen LogP contribution is -2.37. The van der Waals surface area contributed by atoms with Crippen molar-refractivity contribution in [2.45, 2.75) is 38.6 Å². The van der Waals surface area contributed by atoms with Gasteiger partial charge in [-0.15, -0.1) is 0 Å². The van der Waals surface area contributed by atoms with Gasteiger partial charge in [-0.25, -0.2) is 9.98 Å². The van der Waals surface area contributed by atoms with E-state index in [0.717, 1.165) is 59.8 Å². The van der Waals surface area contributed by atoms with Crippen molar-refractivity contribution < 1.29 is 4.74 Å². The minimum Gasteiger partial charge on any atom is -0.378 e. The number of aliphatic imine (C=N–C) groups is 2. The number of thiazole rings is 1. The summed E-state index contributed by atoms with van der Waals surface area (Å²) < 4.78 is 5.46. The molecule has 1 aromatic carbocycles. The summed E-state index contributed by atoms with van der Waals surface area (Å²) in [6.07, 6.45) is 10.9. The minimum atomic E-state index is -0.244. The van der Waals surface area contributed by atoms with Crippen LogP contribution in [0.15, 0.2) is 52.5 Å². The molecule has 0 spiro atoms. The zero-order chi connectivity index (χ0) is 24.2. The summed E-state index contributed by atoms with van der Waals surface area (Å²) in [4.78, 5) is 19.8. The maximum Gasteiger partial charge on any atom is 0.194 e. The van der Waals surface area contributed by atoms with Gasteiger partial charge in [-0.2, -0.15) is 0 Å². The first-order chi connectivity index (χ1) is 17.1. The Hall–Kier alpha value is -3.17. The molecule has 9 heteroatoms. The Morgan fingerprint density at radius 1 is 1.17 bits per heavy atom. The summed E-state index contributed by atoms with van der Waals surface area (Å²) in [6, 6.07) is 8.90. The SMILES string of the molecule is Cc1nc(N(C)C2C=CCC=NC2C)sc1C1=CC=NC(Nc2ccc(N3CCOCC3)cc2)N1. The summed E-state index contributed by atoms with van der Waals surface area (Å²) in [6.45, 7) is 7.66. The number of anilines is 3. The molecule has 2 N–H and O–H groups in total. The van der Waals surface area contributed by atoms with Crippen LogP contribution in [0.2, 0.25) is 0 Å². The normalized spacial score (nSPS) is 24.0. The number of allylic oxidation sites excluding steroid dienone is 2. The zero-order valence-electron chi connectivity index (χ0n) is 20.5. The molecule has 5 rings (SSSR count). The Bertz CT molecular complexity index is 1130. The fourth-order valence-corrected chi connectivity index (χ4v) is 5.58. The lowest BCUT2D eigenvalue weighted by Gasteiger charge is -2.29. The predicted molar refractivity (Wildman–Crippen MR) is 147 cm³/mol. The number of hydrogen-bond donors (Lipinski definition) is 2. The first kappa shape index (κ1) is 23.6. The van der Waals surface area contributed by atoms with E-state index in [9.17, 15) is 0 Å². The molecular formula is C26H33N7OS. The van der Waals surface area contributed by atoms with Crippen molar-refractivity contribution >= 4 is 46.0 Å². The summed E-state index contributed by atoms with van der Waals surface area (Å²) in [5.74, 6) is 0. The average molecular weight is 492 g/mol. The summed E-state index contributed by atoms with van der Waals surface area (Å²) in [7, 11) is 2.10. The van der Waals surface area contributed by atoms with Crippen LogP contribution < -0.4 is 20.4 Å². The molecule has 0 amide bonds. The molecule has 1 fully saturated rings. The van der Waals surface area contributed by atoms with Gasteiger partial charge < -0.3 is 25.2 Å². The van der Waals surface area contributed by atoms with E-state index in [4.69, 9.17) is 9.72 Å². The third-order valence-corrected chi connectivity index (χ3v) is 7.79. The number of aryl methyl sites for hydroxylation is 1. The van der Waals surface area contributed by atoms with Crippen LogP contribution in [0.25, 0.3) is 5.70 Å². The smallest absolute Gasteiger partial charge is 0.194 e. The summed E-state index contributed by atoms with van der Waals surface area (Å²) in [5.41, 5.74) is 4.28. The molecule has 0 aliphatic carbocycles. The Morgan fingerprint density at radius 2 is 1.97 bits per heavy atom. The third kappa shape index (κ3) is 5.41. The van der Waals surface area contributed by atoms with Gasteiger partial charge in [0.05, 0.1) is 41.6 Å². The molecule has 184 valence electrons. The highest BCUT2D eigenvalue weighted by molar-refractivity contribution is 7.16. The second-order valence-corrected chi connectivity index (χ2v) is 9.94. The van der Waals surface area contributed by atoms with Gasteiger partial charge in [-0.05, 0) is 44.2 Å². The quantitative estimate of drug-likeness (QED) is 0.597. The number of rotatable bonds is 6. The van der Waals surface area contributed by atoms with Crippen molar-refractivity contribution in [2.75, 3.05) is 48.5 Å². The lowest BCUT2D eigenvalue weighted by molar-refractivity contribution is 0.122. The molecule has 4 heterocycles. The predicted octanol–water partition coefficient (Wildman–Crippen LogP) is 3.92. The fourth-order valence-electron chi connectivity index (χ4n) is 4.52. The van der Waals surface area contributed by atoms with Crippen molar-refractivity contribution in [3.63, 3.8) is 0 Å². The van der Waals surface area contributed by atoms with Gasteiger partial charge in [0, 0.05) is 50.4 Å². The monoisotopic (exact) mass is 491 g/mol. The molecular weight excluding hydrogens is 458 g/mol. The van der Waals surface area contributed by atoms with Crippen molar-refractivity contribution in [3.8, 4) is 0 Å². The highest BCUT2D eigenvalue weighted by Crippen LogP contribution is 2.33. The van der Waals surface area contributed by atoms with Crippen LogP contribution in [-0.4, -0.2) is 69.1 Å². The second kappa shape index (κ2) is 10.6. The van der Waals surface area contributed by atoms with Gasteiger partial charge in [-0.1, -0.05) is 23.5 Å². The molecule has 0 saturated carbocycles. The van der Waals surface area contributed by atoms with Crippen molar-refractivity contribution in [2.24, 2.45) is 9.98 Å². The molecule has 3 aliphatic rings. The number of morpholine rings is 1. The molecule has 3 unspecified atom stereocenters. The molecule has 8 nitrogen and oxygen atoms in total. The van der Waals surface area contributed by atoms with Crippen LogP contribution in [0.4, 0.5) is 16.5 Å².